The maximum absolute atomic E-state index is 12.6. The van der Waals surface area contributed by atoms with Gasteiger partial charge in [-0.3, -0.25) is 4.79 Å². The summed E-state index contributed by atoms with van der Waals surface area (Å²) >= 11 is 11.6. The highest BCUT2D eigenvalue weighted by atomic mass is 35.5. The first kappa shape index (κ1) is 26.0. The number of halogens is 2. The molecule has 0 unspecified atom stereocenters. The van der Waals surface area contributed by atoms with Crippen LogP contribution >= 0.6 is 23.2 Å². The maximum atomic E-state index is 12.6. The van der Waals surface area contributed by atoms with Crippen LogP contribution in [-0.2, 0) is 10.0 Å². The van der Waals surface area contributed by atoms with Gasteiger partial charge in [0.05, 0.1) is 5.56 Å². The molecule has 1 saturated heterocycles. The normalized spacial score (nSPS) is 17.4. The summed E-state index contributed by atoms with van der Waals surface area (Å²) in [6, 6.07) is 6.99. The molecular weight excluding hydrogens is 505 g/mol. The number of hydrogen-bond acceptors (Lipinski definition) is 7. The number of aromatic nitrogens is 2. The molecule has 0 radical (unpaired) electrons. The van der Waals surface area contributed by atoms with Gasteiger partial charge >= 0.3 is 6.09 Å². The van der Waals surface area contributed by atoms with E-state index in [-0.39, 0.29) is 32.4 Å². The Labute approximate surface area is 207 Å². The van der Waals surface area contributed by atoms with Crippen molar-refractivity contribution in [1.82, 2.24) is 19.6 Å². The van der Waals surface area contributed by atoms with Crippen LogP contribution in [0.3, 0.4) is 0 Å². The second kappa shape index (κ2) is 10.3. The van der Waals surface area contributed by atoms with Gasteiger partial charge in [0.15, 0.2) is 5.03 Å². The van der Waals surface area contributed by atoms with Crippen molar-refractivity contribution in [3.63, 3.8) is 0 Å². The second-order valence-electron chi connectivity index (χ2n) is 8.61. The number of sulfonamides is 1. The van der Waals surface area contributed by atoms with Crippen LogP contribution in [0.25, 0.3) is 0 Å². The number of likely N-dealkylation sites (tertiary alicyclic amines) is 1. The first-order valence-electron chi connectivity index (χ1n) is 10.5. The Hall–Kier alpha value is -2.63. The third-order valence-electron chi connectivity index (χ3n) is 5.57. The van der Waals surface area contributed by atoms with E-state index in [0.29, 0.717) is 18.9 Å². The lowest BCUT2D eigenvalue weighted by Gasteiger charge is -2.28. The third kappa shape index (κ3) is 6.28. The van der Waals surface area contributed by atoms with Gasteiger partial charge in [-0.05, 0) is 63.3 Å². The molecule has 3 rings (SSSR count). The monoisotopic (exact) mass is 529 g/mol. The van der Waals surface area contributed by atoms with Crippen LogP contribution < -0.4 is 10.0 Å². The number of rotatable bonds is 8. The van der Waals surface area contributed by atoms with E-state index >= 15 is 0 Å². The van der Waals surface area contributed by atoms with Crippen LogP contribution in [-0.4, -0.2) is 59.0 Å². The molecule has 10 nitrogen and oxygen atoms in total. The third-order valence-corrected chi connectivity index (χ3v) is 7.30. The minimum Gasteiger partial charge on any atom is -0.465 e. The number of anilines is 1. The lowest BCUT2D eigenvalue weighted by molar-refractivity contribution is 0.0980. The molecule has 1 atom stereocenters. The highest BCUT2D eigenvalue weighted by molar-refractivity contribution is 7.90. The van der Waals surface area contributed by atoms with E-state index in [1.807, 2.05) is 18.6 Å². The quantitative estimate of drug-likeness (QED) is 0.345. The van der Waals surface area contributed by atoms with Crippen LogP contribution in [0, 0.1) is 5.92 Å². The molecule has 2 amide bonds. The molecule has 184 valence electrons. The standard InChI is InChI=1S/C21H25Cl2N5O5S/c1-21(2)11-13(12-28(21)20(30)31)5-4-10-24-16-6-3-7-17(26-16)34(32,33)27-19(29)14-8-9-15(22)25-18(14)23/h3,6-9,13H,4-5,10-12H2,1-2H3,(H,24,26)(H,27,29)(H,30,31)/t13-/m0/s1. The van der Waals surface area contributed by atoms with Crippen molar-refractivity contribution in [2.75, 3.05) is 18.4 Å². The van der Waals surface area contributed by atoms with Gasteiger partial charge < -0.3 is 15.3 Å². The number of pyridine rings is 2. The van der Waals surface area contributed by atoms with E-state index in [2.05, 4.69) is 15.3 Å². The molecule has 1 aliphatic heterocycles. The van der Waals surface area contributed by atoms with Crippen LogP contribution in [0.15, 0.2) is 35.4 Å². The molecule has 2 aromatic heterocycles. The fourth-order valence-corrected chi connectivity index (χ4v) is 5.36. The van der Waals surface area contributed by atoms with Gasteiger partial charge in [0.25, 0.3) is 15.9 Å². The van der Waals surface area contributed by atoms with Gasteiger partial charge in [0, 0.05) is 18.6 Å². The van der Waals surface area contributed by atoms with Crippen molar-refractivity contribution in [2.24, 2.45) is 5.92 Å². The van der Waals surface area contributed by atoms with E-state index in [4.69, 9.17) is 23.2 Å². The molecule has 34 heavy (non-hydrogen) atoms. The molecular formula is C21H25Cl2N5O5S. The minimum atomic E-state index is -4.26. The van der Waals surface area contributed by atoms with Crippen molar-refractivity contribution in [3.8, 4) is 0 Å². The zero-order chi connectivity index (χ0) is 25.1. The Bertz CT molecular complexity index is 1190. The number of amides is 2. The molecule has 3 N–H and O–H groups in total. The molecule has 1 fully saturated rings. The molecule has 0 saturated carbocycles. The zero-order valence-electron chi connectivity index (χ0n) is 18.6. The zero-order valence-corrected chi connectivity index (χ0v) is 20.9. The summed E-state index contributed by atoms with van der Waals surface area (Å²) in [6.45, 7) is 4.87. The van der Waals surface area contributed by atoms with E-state index in [1.54, 1.807) is 6.07 Å². The van der Waals surface area contributed by atoms with E-state index in [0.717, 1.165) is 19.3 Å². The Kier molecular flexibility index (Phi) is 7.89. The van der Waals surface area contributed by atoms with Gasteiger partial charge in [-0.25, -0.2) is 19.5 Å². The smallest absolute Gasteiger partial charge is 0.407 e. The summed E-state index contributed by atoms with van der Waals surface area (Å²) in [7, 11) is -4.26. The summed E-state index contributed by atoms with van der Waals surface area (Å²) in [5, 5.41) is 11.9. The Balaban J connectivity index is 1.56. The predicted octanol–water partition coefficient (Wildman–Crippen LogP) is 3.87. The number of carbonyl (C=O) groups is 2. The lowest BCUT2D eigenvalue weighted by Crippen LogP contribution is -2.41. The van der Waals surface area contributed by atoms with Crippen molar-refractivity contribution >= 4 is 51.0 Å². The van der Waals surface area contributed by atoms with Gasteiger partial charge in [-0.1, -0.05) is 29.3 Å². The van der Waals surface area contributed by atoms with Gasteiger partial charge in [0.1, 0.15) is 16.1 Å². The van der Waals surface area contributed by atoms with Crippen molar-refractivity contribution in [2.45, 2.75) is 43.7 Å². The van der Waals surface area contributed by atoms with Crippen LogP contribution in [0.2, 0.25) is 10.3 Å². The SMILES string of the molecule is CC1(C)C[C@H](CCCNc2cccc(S(=O)(=O)NC(=O)c3ccc(Cl)nc3Cl)n2)CN1C(=O)O. The van der Waals surface area contributed by atoms with Gasteiger partial charge in [-0.2, -0.15) is 8.42 Å². The summed E-state index contributed by atoms with van der Waals surface area (Å²) < 4.78 is 27.2. The topological polar surface area (TPSA) is 142 Å². The van der Waals surface area contributed by atoms with Crippen LogP contribution in [0.5, 0.6) is 0 Å². The summed E-state index contributed by atoms with van der Waals surface area (Å²) in [4.78, 5) is 33.0. The minimum absolute atomic E-state index is 0.0701. The van der Waals surface area contributed by atoms with Crippen LogP contribution in [0.1, 0.15) is 43.5 Å². The average molecular weight is 530 g/mol. The number of nitrogens with zero attached hydrogens (tertiary/aromatic N) is 3. The van der Waals surface area contributed by atoms with Gasteiger partial charge in [-0.15, -0.1) is 0 Å². The Morgan fingerprint density at radius 1 is 1.21 bits per heavy atom. The fraction of sp³-hybridized carbons (Fsp3) is 0.429. The van der Waals surface area contributed by atoms with Crippen molar-refractivity contribution < 1.29 is 23.1 Å². The van der Waals surface area contributed by atoms with Crippen molar-refractivity contribution in [1.29, 1.82) is 0 Å². The largest absolute Gasteiger partial charge is 0.465 e. The Morgan fingerprint density at radius 2 is 1.94 bits per heavy atom. The molecule has 3 heterocycles. The average Bonchev–Trinajstić information content (AvgIpc) is 3.05. The molecule has 1 aliphatic rings. The highest BCUT2D eigenvalue weighted by Crippen LogP contribution is 2.34. The summed E-state index contributed by atoms with van der Waals surface area (Å²) in [5.41, 5.74) is -0.522. The number of hydrogen-bond donors (Lipinski definition) is 3. The van der Waals surface area contributed by atoms with Crippen LogP contribution in [0.4, 0.5) is 10.6 Å². The fourth-order valence-electron chi connectivity index (χ4n) is 4.00. The molecule has 2 aromatic rings. The molecule has 0 aliphatic carbocycles. The Morgan fingerprint density at radius 3 is 2.59 bits per heavy atom. The summed E-state index contributed by atoms with van der Waals surface area (Å²) in [5.74, 6) is -0.360. The van der Waals surface area contributed by atoms with E-state index in [9.17, 15) is 23.1 Å². The molecule has 13 heteroatoms. The predicted molar refractivity (Wildman–Crippen MR) is 128 cm³/mol. The molecule has 0 bridgehead atoms. The first-order valence-corrected chi connectivity index (χ1v) is 12.7. The molecule has 0 aromatic carbocycles. The second-order valence-corrected chi connectivity index (χ2v) is 11.0. The van der Waals surface area contributed by atoms with E-state index in [1.165, 1.54) is 29.2 Å². The first-order chi connectivity index (χ1) is 15.9. The van der Waals surface area contributed by atoms with E-state index < -0.39 is 22.0 Å². The number of carboxylic acid groups (broad SMARTS) is 1. The van der Waals surface area contributed by atoms with Crippen molar-refractivity contribution in [3.05, 3.63) is 46.2 Å². The van der Waals surface area contributed by atoms with Gasteiger partial charge in [0.2, 0.25) is 0 Å². The lowest BCUT2D eigenvalue weighted by atomic mass is 9.93. The maximum Gasteiger partial charge on any atom is 0.407 e. The number of carbonyl (C=O) groups excluding carboxylic acids is 1. The highest BCUT2D eigenvalue weighted by Gasteiger charge is 2.40. The number of nitrogens with one attached hydrogen (secondary N) is 2. The molecule has 0 spiro atoms. The summed E-state index contributed by atoms with van der Waals surface area (Å²) in [6.07, 6.45) is 1.46.